The molecule has 0 saturated carbocycles. The Balaban J connectivity index is 2.51. The zero-order valence-electron chi connectivity index (χ0n) is 22.2. The lowest BCUT2D eigenvalue weighted by Gasteiger charge is -2.15. The number of carbonyl (C=O) groups excluding carboxylic acids is 4. The predicted molar refractivity (Wildman–Crippen MR) is 141 cm³/mol. The van der Waals surface area contributed by atoms with Crippen LogP contribution in [0.25, 0.3) is 12.2 Å². The molecular weight excluding hydrogens is 494 g/mol. The second-order valence-electron chi connectivity index (χ2n) is 8.03. The van der Waals surface area contributed by atoms with Gasteiger partial charge in [0.1, 0.15) is 17.2 Å². The smallest absolute Gasteiger partial charge is 0.422 e. The van der Waals surface area contributed by atoms with Crippen LogP contribution in [0.2, 0.25) is 0 Å². The molecular formula is C28H31NO9. The zero-order valence-corrected chi connectivity index (χ0v) is 22.2. The third kappa shape index (κ3) is 8.22. The molecule has 0 aliphatic carbocycles. The van der Waals surface area contributed by atoms with E-state index in [1.165, 1.54) is 7.11 Å². The fraction of sp³-hybridized carbons (Fsp3) is 0.286. The molecule has 0 spiro atoms. The summed E-state index contributed by atoms with van der Waals surface area (Å²) >= 11 is 0. The van der Waals surface area contributed by atoms with Gasteiger partial charge in [-0.25, -0.2) is 14.4 Å². The van der Waals surface area contributed by atoms with Crippen LogP contribution in [0.3, 0.4) is 0 Å². The number of methoxy groups -OCH3 is 3. The standard InChI is InChI=1S/C28H31NO9/c1-7-37-23-16-20(38-28(33)27(32)36-6)15-19(21(23)12-8-17(2)3)11-9-18-10-13-22(24(14-18)34-4)29-25(30)26(31)35-5/h8-11,13-16H,7,12H2,1-6H3,(H,29,30). The zero-order chi connectivity index (χ0) is 28.2. The fourth-order valence-electron chi connectivity index (χ4n) is 3.26. The normalized spacial score (nSPS) is 10.4. The number of allylic oxidation sites excluding steroid dienone is 2. The molecule has 2 aromatic rings. The number of nitrogens with one attached hydrogen (secondary N) is 1. The van der Waals surface area contributed by atoms with Gasteiger partial charge in [0.15, 0.2) is 0 Å². The fourth-order valence-corrected chi connectivity index (χ4v) is 3.26. The molecule has 0 aliphatic heterocycles. The van der Waals surface area contributed by atoms with E-state index in [1.54, 1.807) is 42.5 Å². The summed E-state index contributed by atoms with van der Waals surface area (Å²) in [4.78, 5) is 46.9. The van der Waals surface area contributed by atoms with E-state index in [9.17, 15) is 19.2 Å². The first-order chi connectivity index (χ1) is 18.1. The number of esters is 3. The monoisotopic (exact) mass is 525 g/mol. The summed E-state index contributed by atoms with van der Waals surface area (Å²) in [6.07, 6.45) is 6.17. The molecule has 0 radical (unpaired) electrons. The van der Waals surface area contributed by atoms with Crippen molar-refractivity contribution in [2.24, 2.45) is 0 Å². The van der Waals surface area contributed by atoms with Gasteiger partial charge in [-0.1, -0.05) is 29.9 Å². The summed E-state index contributed by atoms with van der Waals surface area (Å²) in [5, 5.41) is 2.44. The topological polar surface area (TPSA) is 126 Å². The highest BCUT2D eigenvalue weighted by atomic mass is 16.6. The number of hydrogen-bond acceptors (Lipinski definition) is 9. The lowest BCUT2D eigenvalue weighted by molar-refractivity contribution is -0.160. The van der Waals surface area contributed by atoms with E-state index in [0.717, 1.165) is 25.4 Å². The molecule has 2 rings (SSSR count). The van der Waals surface area contributed by atoms with E-state index >= 15 is 0 Å². The van der Waals surface area contributed by atoms with Gasteiger partial charge >= 0.3 is 23.8 Å². The van der Waals surface area contributed by atoms with Crippen LogP contribution in [0.1, 0.15) is 37.5 Å². The molecule has 0 fully saturated rings. The molecule has 10 nitrogen and oxygen atoms in total. The molecule has 0 bridgehead atoms. The van der Waals surface area contributed by atoms with Crippen molar-refractivity contribution >= 4 is 41.7 Å². The van der Waals surface area contributed by atoms with Crippen molar-refractivity contribution in [3.8, 4) is 17.2 Å². The van der Waals surface area contributed by atoms with Crippen molar-refractivity contribution in [3.63, 3.8) is 0 Å². The first-order valence-corrected chi connectivity index (χ1v) is 11.6. The molecule has 10 heteroatoms. The molecule has 0 heterocycles. The first kappa shape index (κ1) is 29.6. The number of carbonyl (C=O) groups is 4. The highest BCUT2D eigenvalue weighted by molar-refractivity contribution is 6.37. The Morgan fingerprint density at radius 1 is 0.868 bits per heavy atom. The second kappa shape index (κ2) is 14.2. The summed E-state index contributed by atoms with van der Waals surface area (Å²) in [5.74, 6) is -3.31. The average molecular weight is 526 g/mol. The molecule has 2 aromatic carbocycles. The minimum Gasteiger partial charge on any atom is -0.495 e. The minimum absolute atomic E-state index is 0.114. The number of hydrogen-bond donors (Lipinski definition) is 1. The van der Waals surface area contributed by atoms with E-state index in [-0.39, 0.29) is 5.75 Å². The Morgan fingerprint density at radius 2 is 1.58 bits per heavy atom. The Labute approximate surface area is 221 Å². The van der Waals surface area contributed by atoms with Gasteiger partial charge in [0.05, 0.1) is 33.6 Å². The summed E-state index contributed by atoms with van der Waals surface area (Å²) in [7, 11) is 3.63. The van der Waals surface area contributed by atoms with Crippen LogP contribution >= 0.6 is 0 Å². The van der Waals surface area contributed by atoms with E-state index in [4.69, 9.17) is 14.2 Å². The van der Waals surface area contributed by atoms with Crippen molar-refractivity contribution in [3.05, 3.63) is 58.7 Å². The molecule has 0 unspecified atom stereocenters. The maximum atomic E-state index is 12.0. The van der Waals surface area contributed by atoms with Crippen LogP contribution < -0.4 is 19.5 Å². The molecule has 0 atom stereocenters. The predicted octanol–water partition coefficient (Wildman–Crippen LogP) is 3.96. The largest absolute Gasteiger partial charge is 0.495 e. The Kier molecular flexibility index (Phi) is 11.1. The summed E-state index contributed by atoms with van der Waals surface area (Å²) in [6.45, 7) is 6.17. The Morgan fingerprint density at radius 3 is 2.18 bits per heavy atom. The van der Waals surface area contributed by atoms with Gasteiger partial charge < -0.3 is 29.0 Å². The van der Waals surface area contributed by atoms with E-state index in [0.29, 0.717) is 41.3 Å². The van der Waals surface area contributed by atoms with Crippen LogP contribution in [-0.4, -0.2) is 51.8 Å². The van der Waals surface area contributed by atoms with E-state index in [2.05, 4.69) is 14.8 Å². The molecule has 1 amide bonds. The van der Waals surface area contributed by atoms with Crippen molar-refractivity contribution in [1.82, 2.24) is 0 Å². The molecule has 38 heavy (non-hydrogen) atoms. The lowest BCUT2D eigenvalue weighted by Crippen LogP contribution is -2.24. The van der Waals surface area contributed by atoms with Gasteiger partial charge in [0.25, 0.3) is 0 Å². The van der Waals surface area contributed by atoms with Crippen molar-refractivity contribution in [1.29, 1.82) is 0 Å². The van der Waals surface area contributed by atoms with Crippen LogP contribution in [0.5, 0.6) is 17.2 Å². The Bertz CT molecular complexity index is 1260. The molecule has 0 aliphatic rings. The van der Waals surface area contributed by atoms with Crippen LogP contribution in [0.4, 0.5) is 5.69 Å². The molecule has 202 valence electrons. The van der Waals surface area contributed by atoms with Gasteiger partial charge in [-0.3, -0.25) is 4.79 Å². The second-order valence-corrected chi connectivity index (χ2v) is 8.03. The third-order valence-corrected chi connectivity index (χ3v) is 5.09. The van der Waals surface area contributed by atoms with Crippen LogP contribution in [0, 0.1) is 0 Å². The number of amides is 1. The van der Waals surface area contributed by atoms with Gasteiger partial charge in [-0.05, 0) is 56.5 Å². The highest BCUT2D eigenvalue weighted by Crippen LogP contribution is 2.33. The molecule has 0 saturated heterocycles. The van der Waals surface area contributed by atoms with Gasteiger partial charge in [0, 0.05) is 11.6 Å². The average Bonchev–Trinajstić information content (AvgIpc) is 2.90. The summed E-state index contributed by atoms with van der Waals surface area (Å²) in [5.41, 5.74) is 3.64. The number of ether oxygens (including phenoxy) is 5. The lowest BCUT2D eigenvalue weighted by atomic mass is 10.00. The van der Waals surface area contributed by atoms with Crippen molar-refractivity contribution < 1.29 is 42.9 Å². The molecule has 1 N–H and O–H groups in total. The van der Waals surface area contributed by atoms with Gasteiger partial charge in [0.2, 0.25) is 0 Å². The van der Waals surface area contributed by atoms with Crippen molar-refractivity contribution in [2.45, 2.75) is 27.2 Å². The SMILES string of the molecule is CCOc1cc(OC(=O)C(=O)OC)cc(C=Cc2ccc(NC(=O)C(=O)OC)c(OC)c2)c1CC=C(C)C. The maximum absolute atomic E-state index is 12.0. The third-order valence-electron chi connectivity index (χ3n) is 5.09. The van der Waals surface area contributed by atoms with Gasteiger partial charge in [-0.15, -0.1) is 0 Å². The summed E-state index contributed by atoms with van der Waals surface area (Å²) in [6, 6.07) is 8.15. The van der Waals surface area contributed by atoms with Crippen LogP contribution in [0.15, 0.2) is 42.0 Å². The van der Waals surface area contributed by atoms with Gasteiger partial charge in [-0.2, -0.15) is 0 Å². The maximum Gasteiger partial charge on any atom is 0.422 e. The summed E-state index contributed by atoms with van der Waals surface area (Å²) < 4.78 is 25.2. The van der Waals surface area contributed by atoms with E-state index in [1.807, 2.05) is 26.8 Å². The van der Waals surface area contributed by atoms with E-state index < -0.39 is 23.8 Å². The van der Waals surface area contributed by atoms with Crippen LogP contribution in [-0.2, 0) is 35.1 Å². The Hall–Kier alpha value is -4.60. The quantitative estimate of drug-likeness (QED) is 0.170. The first-order valence-electron chi connectivity index (χ1n) is 11.6. The molecule has 0 aromatic heterocycles. The minimum atomic E-state index is -1.16. The number of rotatable bonds is 9. The highest BCUT2D eigenvalue weighted by Gasteiger charge is 2.19. The van der Waals surface area contributed by atoms with Crippen molar-refractivity contribution in [2.75, 3.05) is 33.3 Å². The number of anilines is 1. The number of benzene rings is 2.